The van der Waals surface area contributed by atoms with Crippen molar-refractivity contribution in [1.29, 1.82) is 0 Å². The number of nitro groups is 1. The van der Waals surface area contributed by atoms with Gasteiger partial charge in [-0.25, -0.2) is 0 Å². The highest BCUT2D eigenvalue weighted by atomic mass is 16.7. The lowest BCUT2D eigenvalue weighted by Crippen LogP contribution is -2.70. The minimum Gasteiger partial charge on any atom is -0.459 e. The minimum atomic E-state index is -1.47. The highest BCUT2D eigenvalue weighted by Crippen LogP contribution is 2.62. The molecule has 1 heterocycles. The van der Waals surface area contributed by atoms with Crippen LogP contribution in [0, 0.1) is 27.9 Å². The van der Waals surface area contributed by atoms with Gasteiger partial charge in [-0.05, 0) is 120 Å². The van der Waals surface area contributed by atoms with E-state index in [0.717, 1.165) is 53.9 Å². The van der Waals surface area contributed by atoms with E-state index >= 15 is 4.79 Å². The predicted molar refractivity (Wildman–Crippen MR) is 260 cm³/mol. The fourth-order valence-electron chi connectivity index (χ4n) is 10.5. The van der Waals surface area contributed by atoms with E-state index < -0.39 is 22.7 Å². The van der Waals surface area contributed by atoms with Crippen molar-refractivity contribution in [2.45, 2.75) is 82.6 Å². The molecule has 3 aliphatic rings. The maximum atomic E-state index is 15.3. The number of ether oxygens (including phenoxy) is 3. The van der Waals surface area contributed by atoms with Crippen molar-refractivity contribution < 1.29 is 43.8 Å². The van der Waals surface area contributed by atoms with E-state index in [0.29, 0.717) is 65.5 Å². The summed E-state index contributed by atoms with van der Waals surface area (Å²) in [6.07, 6.45) is 9.88. The molecule has 1 fully saturated rings. The number of hydrogen-bond donors (Lipinski definition) is 2. The number of aldehydes is 1. The van der Waals surface area contributed by atoms with E-state index in [-0.39, 0.29) is 62.2 Å². The average molecular weight is 922 g/mol. The first-order chi connectivity index (χ1) is 33.2. The van der Waals surface area contributed by atoms with Gasteiger partial charge in [0.25, 0.3) is 11.6 Å². The van der Waals surface area contributed by atoms with Crippen LogP contribution in [0.5, 0.6) is 17.2 Å². The molecular weight excluding hydrogens is 863 g/mol. The van der Waals surface area contributed by atoms with Crippen LogP contribution in [0.2, 0.25) is 0 Å². The molecular formula is C55H59N3O10. The summed E-state index contributed by atoms with van der Waals surface area (Å²) < 4.78 is 21.1. The Bertz CT molecular complexity index is 2660. The molecule has 68 heavy (non-hydrogen) atoms. The molecule has 2 N–H and O–H groups in total. The molecule has 0 aromatic heterocycles. The first-order valence-electron chi connectivity index (χ1n) is 23.7. The normalized spacial score (nSPS) is 22.0. The smallest absolute Gasteiger partial charge is 0.269 e. The molecule has 0 radical (unpaired) electrons. The summed E-state index contributed by atoms with van der Waals surface area (Å²) in [5, 5.41) is 38.3. The van der Waals surface area contributed by atoms with Gasteiger partial charge in [-0.15, -0.1) is 6.58 Å². The lowest BCUT2D eigenvalue weighted by atomic mass is 9.55. The Hall–Kier alpha value is -6.67. The first kappa shape index (κ1) is 47.8. The third-order valence-electron chi connectivity index (χ3n) is 13.5. The second-order valence-corrected chi connectivity index (χ2v) is 17.8. The molecule has 13 nitrogen and oxygen atoms in total. The predicted octanol–water partition coefficient (Wildman–Crippen LogP) is 10.7. The van der Waals surface area contributed by atoms with Gasteiger partial charge in [0.15, 0.2) is 0 Å². The molecule has 0 saturated heterocycles. The molecule has 5 aromatic carbocycles. The number of rotatable bonds is 22. The van der Waals surface area contributed by atoms with E-state index in [1.165, 1.54) is 12.1 Å². The standard InChI is InChI=1S/C55H59N3O10/c1-3-26-57(54(62)42-21-20-39-13-5-6-14-40(39)31-42)51-34-49(56-66-36-37-18-22-43(23-19-37)58(63)64)47-32-41(15-7-9-27-59)46(17-8-10-28-60)52-48-33-45(67-44-16-11-12-38(30-44)35-61)24-25-50(48)68-55(51,53(47)52)65-29-4-2/h4-6,11-14,16,18-25,30-33,35,41,46,51-53,59-60H,2-3,7-10,15,17,26-29,34,36H2,1H3/t41-,46+,51-,52+,53+,55+/m0/s1. The molecule has 1 aliphatic heterocycles. The maximum Gasteiger partial charge on any atom is 0.269 e. The Morgan fingerprint density at radius 3 is 2.43 bits per heavy atom. The summed E-state index contributed by atoms with van der Waals surface area (Å²) in [5.41, 5.74) is 4.05. The van der Waals surface area contributed by atoms with Gasteiger partial charge in [0, 0.05) is 60.9 Å². The van der Waals surface area contributed by atoms with E-state index in [1.54, 1.807) is 42.5 Å². The number of nitro benzene ring substituents is 1. The SMILES string of the molecule is C=CCO[C@@]12Oc3ccc(Oc4cccc(C=O)c4)cc3[C@H]3[C@H](CCCCO)[C@@H](CCCCO)C=C(C(=NOCc4ccc([N+](=O)[O-])cc4)C[C@@H]1N(CCC)C(=O)c1ccc4ccccc4c1)[C@H]32. The van der Waals surface area contributed by atoms with Crippen molar-refractivity contribution in [3.63, 3.8) is 0 Å². The van der Waals surface area contributed by atoms with Crippen LogP contribution >= 0.6 is 0 Å². The van der Waals surface area contributed by atoms with Gasteiger partial charge in [-0.2, -0.15) is 0 Å². The Balaban J connectivity index is 1.33. The van der Waals surface area contributed by atoms with Gasteiger partial charge in [-0.1, -0.05) is 79.5 Å². The van der Waals surface area contributed by atoms with Gasteiger partial charge in [0.1, 0.15) is 36.2 Å². The van der Waals surface area contributed by atoms with Crippen molar-refractivity contribution in [3.8, 4) is 17.2 Å². The molecule has 0 bridgehead atoms. The molecule has 2 aliphatic carbocycles. The van der Waals surface area contributed by atoms with Gasteiger partial charge in [0.05, 0.1) is 23.2 Å². The van der Waals surface area contributed by atoms with E-state index in [9.17, 15) is 25.1 Å². The van der Waals surface area contributed by atoms with E-state index in [2.05, 4.69) is 12.7 Å². The number of oxime groups is 1. The van der Waals surface area contributed by atoms with Crippen LogP contribution in [0.15, 0.2) is 139 Å². The van der Waals surface area contributed by atoms with Crippen LogP contribution in [0.3, 0.4) is 0 Å². The summed E-state index contributed by atoms with van der Waals surface area (Å²) in [6.45, 7) is 6.73. The number of benzene rings is 5. The molecule has 354 valence electrons. The van der Waals surface area contributed by atoms with Crippen LogP contribution in [-0.4, -0.2) is 76.1 Å². The van der Waals surface area contributed by atoms with Crippen LogP contribution in [0.25, 0.3) is 10.8 Å². The maximum absolute atomic E-state index is 15.3. The molecule has 1 saturated carbocycles. The summed E-state index contributed by atoms with van der Waals surface area (Å²) in [5.74, 6) is -0.904. The van der Waals surface area contributed by atoms with Gasteiger partial charge in [0.2, 0.25) is 5.79 Å². The fraction of sp³-hybridized carbons (Fsp3) is 0.364. The Labute approximate surface area is 396 Å². The second-order valence-electron chi connectivity index (χ2n) is 17.8. The number of carbonyl (C=O) groups excluding carboxylic acids is 2. The molecule has 5 aromatic rings. The summed E-state index contributed by atoms with van der Waals surface area (Å²) in [4.78, 5) is 46.1. The first-order valence-corrected chi connectivity index (χ1v) is 23.7. The summed E-state index contributed by atoms with van der Waals surface area (Å²) >= 11 is 0. The van der Waals surface area contributed by atoms with Crippen LogP contribution < -0.4 is 9.47 Å². The summed E-state index contributed by atoms with van der Waals surface area (Å²) in [6, 6.07) is 31.8. The molecule has 1 amide bonds. The largest absolute Gasteiger partial charge is 0.459 e. The number of hydrogen-bond acceptors (Lipinski definition) is 11. The third-order valence-corrected chi connectivity index (χ3v) is 13.5. The highest BCUT2D eigenvalue weighted by Gasteiger charge is 2.65. The van der Waals surface area contributed by atoms with E-state index in [4.69, 9.17) is 24.2 Å². The molecule has 6 atom stereocenters. The van der Waals surface area contributed by atoms with Crippen molar-refractivity contribution in [2.75, 3.05) is 26.4 Å². The number of aliphatic hydroxyl groups excluding tert-OH is 2. The Kier molecular flexibility index (Phi) is 15.4. The molecule has 0 spiro atoms. The van der Waals surface area contributed by atoms with Gasteiger partial charge in [-0.3, -0.25) is 19.7 Å². The number of non-ortho nitro benzene ring substituents is 1. The van der Waals surface area contributed by atoms with E-state index in [1.807, 2.05) is 72.5 Å². The zero-order valence-corrected chi connectivity index (χ0v) is 38.4. The number of amides is 1. The Morgan fingerprint density at radius 2 is 1.69 bits per heavy atom. The molecule has 0 unspecified atom stereocenters. The lowest BCUT2D eigenvalue weighted by Gasteiger charge is -2.60. The van der Waals surface area contributed by atoms with Gasteiger partial charge < -0.3 is 34.2 Å². The average Bonchev–Trinajstić information content (AvgIpc) is 3.36. The van der Waals surface area contributed by atoms with Crippen LogP contribution in [0.1, 0.15) is 96.1 Å². The highest BCUT2D eigenvalue weighted by molar-refractivity contribution is 6.04. The zero-order valence-electron chi connectivity index (χ0n) is 38.4. The van der Waals surface area contributed by atoms with Crippen LogP contribution in [-0.2, 0) is 16.2 Å². The van der Waals surface area contributed by atoms with Gasteiger partial charge >= 0.3 is 0 Å². The molecule has 13 heteroatoms. The number of fused-ring (bicyclic) bond motifs is 3. The van der Waals surface area contributed by atoms with Crippen LogP contribution in [0.4, 0.5) is 5.69 Å². The lowest BCUT2D eigenvalue weighted by molar-refractivity contribution is -0.384. The number of aliphatic hydroxyl groups is 2. The van der Waals surface area contributed by atoms with Crippen molar-refractivity contribution in [1.82, 2.24) is 4.90 Å². The fourth-order valence-corrected chi connectivity index (χ4v) is 10.5. The third kappa shape index (κ3) is 10.1. The van der Waals surface area contributed by atoms with Crippen molar-refractivity contribution in [3.05, 3.63) is 166 Å². The number of carbonyl (C=O) groups is 2. The quantitative estimate of drug-likeness (QED) is 0.0224. The number of allylic oxidation sites excluding steroid dienone is 1. The second kappa shape index (κ2) is 22.0. The van der Waals surface area contributed by atoms with Crippen molar-refractivity contribution in [2.24, 2.45) is 22.9 Å². The zero-order chi connectivity index (χ0) is 47.6. The molecule has 8 rings (SSSR count). The topological polar surface area (TPSA) is 170 Å². The van der Waals surface area contributed by atoms with Crippen molar-refractivity contribution >= 4 is 34.4 Å². The summed E-state index contributed by atoms with van der Waals surface area (Å²) in [7, 11) is 0. The monoisotopic (exact) mass is 921 g/mol. The Morgan fingerprint density at radius 1 is 0.926 bits per heavy atom. The number of unbranched alkanes of at least 4 members (excludes halogenated alkanes) is 2. The minimum absolute atomic E-state index is 0.00389. The number of nitrogens with zero attached hydrogens (tertiary/aromatic N) is 3.